The first-order chi connectivity index (χ1) is 9.08. The molecule has 0 aliphatic heterocycles. The van der Waals surface area contributed by atoms with Gasteiger partial charge in [0.15, 0.2) is 0 Å². The molecule has 1 aromatic heterocycles. The predicted molar refractivity (Wildman–Crippen MR) is 72.6 cm³/mol. The quantitative estimate of drug-likeness (QED) is 0.918. The SMILES string of the molecule is COc1ccc(F)cc1-c1c(C)c(CCN)nn1C. The van der Waals surface area contributed by atoms with E-state index in [0.29, 0.717) is 24.3 Å². The molecule has 2 N–H and O–H groups in total. The molecule has 19 heavy (non-hydrogen) atoms. The molecule has 102 valence electrons. The number of ether oxygens (including phenoxy) is 1. The Morgan fingerprint density at radius 3 is 2.79 bits per heavy atom. The van der Waals surface area contributed by atoms with E-state index in [0.717, 1.165) is 17.0 Å². The second-order valence-electron chi connectivity index (χ2n) is 4.43. The first kappa shape index (κ1) is 13.5. The molecule has 1 aromatic carbocycles. The van der Waals surface area contributed by atoms with Gasteiger partial charge in [-0.05, 0) is 37.2 Å². The van der Waals surface area contributed by atoms with Crippen molar-refractivity contribution in [1.82, 2.24) is 9.78 Å². The van der Waals surface area contributed by atoms with Gasteiger partial charge in [-0.3, -0.25) is 4.68 Å². The lowest BCUT2D eigenvalue weighted by molar-refractivity contribution is 0.415. The monoisotopic (exact) mass is 263 g/mol. The number of aryl methyl sites for hydroxylation is 1. The molecule has 0 unspecified atom stereocenters. The maximum atomic E-state index is 13.5. The fourth-order valence-electron chi connectivity index (χ4n) is 2.30. The first-order valence-electron chi connectivity index (χ1n) is 6.15. The smallest absolute Gasteiger partial charge is 0.128 e. The normalized spacial score (nSPS) is 10.8. The van der Waals surface area contributed by atoms with E-state index in [1.807, 2.05) is 14.0 Å². The van der Waals surface area contributed by atoms with Crippen LogP contribution in [-0.4, -0.2) is 23.4 Å². The lowest BCUT2D eigenvalue weighted by atomic mass is 10.0. The molecule has 0 atom stereocenters. The van der Waals surface area contributed by atoms with Gasteiger partial charge in [0.05, 0.1) is 18.5 Å². The van der Waals surface area contributed by atoms with Crippen LogP contribution in [0, 0.1) is 12.7 Å². The predicted octanol–water partition coefficient (Wildman–Crippen LogP) is 2.04. The zero-order chi connectivity index (χ0) is 14.0. The molecule has 0 fully saturated rings. The average Bonchev–Trinajstić information content (AvgIpc) is 2.65. The van der Waals surface area contributed by atoms with Gasteiger partial charge in [-0.25, -0.2) is 4.39 Å². The van der Waals surface area contributed by atoms with E-state index in [2.05, 4.69) is 5.10 Å². The van der Waals surface area contributed by atoms with Crippen molar-refractivity contribution in [3.8, 4) is 17.0 Å². The van der Waals surface area contributed by atoms with Gasteiger partial charge in [0.25, 0.3) is 0 Å². The molecule has 0 spiro atoms. The van der Waals surface area contributed by atoms with Crippen LogP contribution in [0.4, 0.5) is 4.39 Å². The Labute approximate surface area is 112 Å². The van der Waals surface area contributed by atoms with Crippen LogP contribution in [0.3, 0.4) is 0 Å². The summed E-state index contributed by atoms with van der Waals surface area (Å²) in [6, 6.07) is 4.48. The molecular formula is C14H18FN3O. The Morgan fingerprint density at radius 1 is 1.42 bits per heavy atom. The summed E-state index contributed by atoms with van der Waals surface area (Å²) in [6.45, 7) is 2.51. The van der Waals surface area contributed by atoms with E-state index in [1.165, 1.54) is 12.1 Å². The molecule has 4 nitrogen and oxygen atoms in total. The van der Waals surface area contributed by atoms with E-state index in [-0.39, 0.29) is 5.82 Å². The number of hydrogen-bond donors (Lipinski definition) is 1. The maximum absolute atomic E-state index is 13.5. The van der Waals surface area contributed by atoms with Crippen molar-refractivity contribution in [1.29, 1.82) is 0 Å². The van der Waals surface area contributed by atoms with E-state index >= 15 is 0 Å². The van der Waals surface area contributed by atoms with Gasteiger partial charge in [-0.1, -0.05) is 0 Å². The number of nitrogens with two attached hydrogens (primary N) is 1. The molecule has 0 bridgehead atoms. The summed E-state index contributed by atoms with van der Waals surface area (Å²) in [6.07, 6.45) is 0.706. The highest BCUT2D eigenvalue weighted by molar-refractivity contribution is 5.71. The standard InChI is InChI=1S/C14H18FN3O/c1-9-12(6-7-16)17-18(2)14(9)11-8-10(15)4-5-13(11)19-3/h4-5,8H,6-7,16H2,1-3H3. The molecule has 5 heteroatoms. The Bertz CT molecular complexity index is 593. The van der Waals surface area contributed by atoms with Crippen molar-refractivity contribution in [3.05, 3.63) is 35.3 Å². The fraction of sp³-hybridized carbons (Fsp3) is 0.357. The largest absolute Gasteiger partial charge is 0.496 e. The van der Waals surface area contributed by atoms with E-state index < -0.39 is 0 Å². The highest BCUT2D eigenvalue weighted by Gasteiger charge is 2.17. The number of rotatable bonds is 4. The molecule has 1 heterocycles. The topological polar surface area (TPSA) is 53.1 Å². The zero-order valence-corrected chi connectivity index (χ0v) is 11.4. The van der Waals surface area contributed by atoms with Crippen molar-refractivity contribution in [2.45, 2.75) is 13.3 Å². The Hall–Kier alpha value is -1.88. The van der Waals surface area contributed by atoms with Crippen LogP contribution in [0.5, 0.6) is 5.75 Å². The molecule has 0 saturated carbocycles. The number of nitrogens with zero attached hydrogens (tertiary/aromatic N) is 2. The van der Waals surface area contributed by atoms with Gasteiger partial charge in [0, 0.05) is 19.0 Å². The van der Waals surface area contributed by atoms with Crippen LogP contribution in [0.25, 0.3) is 11.3 Å². The molecule has 2 rings (SSSR count). The number of methoxy groups -OCH3 is 1. The minimum Gasteiger partial charge on any atom is -0.496 e. The molecule has 0 aliphatic carbocycles. The van der Waals surface area contributed by atoms with Crippen LogP contribution < -0.4 is 10.5 Å². The summed E-state index contributed by atoms with van der Waals surface area (Å²) in [5, 5.41) is 4.44. The Kier molecular flexibility index (Phi) is 3.85. The fourth-order valence-corrected chi connectivity index (χ4v) is 2.30. The van der Waals surface area contributed by atoms with Gasteiger partial charge < -0.3 is 10.5 Å². The van der Waals surface area contributed by atoms with Gasteiger partial charge >= 0.3 is 0 Å². The van der Waals surface area contributed by atoms with Gasteiger partial charge in [-0.15, -0.1) is 0 Å². The van der Waals surface area contributed by atoms with Gasteiger partial charge in [0.2, 0.25) is 0 Å². The van der Waals surface area contributed by atoms with Crippen LogP contribution in [0.15, 0.2) is 18.2 Å². The van der Waals surface area contributed by atoms with Crippen LogP contribution in [0.1, 0.15) is 11.3 Å². The summed E-state index contributed by atoms with van der Waals surface area (Å²) in [5.74, 6) is 0.337. The number of hydrogen-bond acceptors (Lipinski definition) is 3. The molecular weight excluding hydrogens is 245 g/mol. The first-order valence-corrected chi connectivity index (χ1v) is 6.15. The van der Waals surface area contributed by atoms with Crippen molar-refractivity contribution in [2.24, 2.45) is 12.8 Å². The van der Waals surface area contributed by atoms with Crippen molar-refractivity contribution >= 4 is 0 Å². The number of halogens is 1. The van der Waals surface area contributed by atoms with Crippen molar-refractivity contribution < 1.29 is 9.13 Å². The highest BCUT2D eigenvalue weighted by Crippen LogP contribution is 2.33. The van der Waals surface area contributed by atoms with Gasteiger partial charge in [-0.2, -0.15) is 5.10 Å². The molecule has 0 saturated heterocycles. The summed E-state index contributed by atoms with van der Waals surface area (Å²) in [5.41, 5.74) is 9.09. The lowest BCUT2D eigenvalue weighted by Crippen LogP contribution is -2.04. The molecule has 0 amide bonds. The summed E-state index contributed by atoms with van der Waals surface area (Å²) < 4.78 is 20.5. The second kappa shape index (κ2) is 5.40. The van der Waals surface area contributed by atoms with Crippen molar-refractivity contribution in [2.75, 3.05) is 13.7 Å². The minimum atomic E-state index is -0.295. The number of benzene rings is 1. The Balaban J connectivity index is 2.61. The van der Waals surface area contributed by atoms with Crippen LogP contribution >= 0.6 is 0 Å². The highest BCUT2D eigenvalue weighted by atomic mass is 19.1. The van der Waals surface area contributed by atoms with Crippen LogP contribution in [-0.2, 0) is 13.5 Å². The summed E-state index contributed by atoms with van der Waals surface area (Å²) in [7, 11) is 3.41. The molecule has 2 aromatic rings. The average molecular weight is 263 g/mol. The third-order valence-corrected chi connectivity index (χ3v) is 3.18. The second-order valence-corrected chi connectivity index (χ2v) is 4.43. The third-order valence-electron chi connectivity index (χ3n) is 3.18. The van der Waals surface area contributed by atoms with E-state index in [9.17, 15) is 4.39 Å². The van der Waals surface area contributed by atoms with Gasteiger partial charge in [0.1, 0.15) is 11.6 Å². The zero-order valence-electron chi connectivity index (χ0n) is 11.4. The van der Waals surface area contributed by atoms with E-state index in [4.69, 9.17) is 10.5 Å². The summed E-state index contributed by atoms with van der Waals surface area (Å²) >= 11 is 0. The van der Waals surface area contributed by atoms with Crippen LogP contribution in [0.2, 0.25) is 0 Å². The number of aromatic nitrogens is 2. The van der Waals surface area contributed by atoms with Crippen molar-refractivity contribution in [3.63, 3.8) is 0 Å². The third kappa shape index (κ3) is 2.46. The Morgan fingerprint density at radius 2 is 2.16 bits per heavy atom. The molecule has 0 radical (unpaired) electrons. The van der Waals surface area contributed by atoms with E-state index in [1.54, 1.807) is 17.9 Å². The summed E-state index contributed by atoms with van der Waals surface area (Å²) in [4.78, 5) is 0. The lowest BCUT2D eigenvalue weighted by Gasteiger charge is -2.10. The maximum Gasteiger partial charge on any atom is 0.128 e. The minimum absolute atomic E-state index is 0.295. The molecule has 0 aliphatic rings.